The molecule has 2 heterocycles. The van der Waals surface area contributed by atoms with Crippen molar-refractivity contribution in [2.75, 3.05) is 32.7 Å². The van der Waals surface area contributed by atoms with Crippen molar-refractivity contribution in [1.82, 2.24) is 15.1 Å². The van der Waals surface area contributed by atoms with Crippen molar-refractivity contribution >= 4 is 11.9 Å². The second-order valence-electron chi connectivity index (χ2n) is 7.27. The molecule has 6 nitrogen and oxygen atoms in total. The first-order valence-electron chi connectivity index (χ1n) is 9.09. The number of fused-ring (bicyclic) bond motifs is 1. The number of likely N-dealkylation sites (tertiary alicyclic amines) is 1. The van der Waals surface area contributed by atoms with Crippen LogP contribution < -0.4 is 5.32 Å². The van der Waals surface area contributed by atoms with Gasteiger partial charge in [0.25, 0.3) is 5.91 Å². The molecule has 0 unspecified atom stereocenters. The number of hydrogen-bond acceptors (Lipinski definition) is 3. The van der Waals surface area contributed by atoms with Gasteiger partial charge in [-0.15, -0.1) is 0 Å². The van der Waals surface area contributed by atoms with Gasteiger partial charge in [-0.1, -0.05) is 18.2 Å². The SMILES string of the molecule is C[C@@]1(O)CCCN(C(=O)NCCN2CCc3ccccc3C2=O)CC1. The molecule has 136 valence electrons. The second kappa shape index (κ2) is 7.44. The molecule has 25 heavy (non-hydrogen) atoms. The van der Waals surface area contributed by atoms with E-state index in [1.807, 2.05) is 31.2 Å². The maximum absolute atomic E-state index is 12.5. The molecule has 6 heteroatoms. The molecule has 2 N–H and O–H groups in total. The number of urea groups is 1. The molecule has 2 aliphatic heterocycles. The molecule has 0 aliphatic carbocycles. The summed E-state index contributed by atoms with van der Waals surface area (Å²) in [5.41, 5.74) is 1.20. The van der Waals surface area contributed by atoms with Gasteiger partial charge in [-0.2, -0.15) is 0 Å². The number of nitrogens with one attached hydrogen (secondary N) is 1. The molecule has 1 aromatic carbocycles. The lowest BCUT2D eigenvalue weighted by Gasteiger charge is -2.29. The molecular weight excluding hydrogens is 318 g/mol. The predicted octanol–water partition coefficient (Wildman–Crippen LogP) is 1.63. The average molecular weight is 345 g/mol. The highest BCUT2D eigenvalue weighted by atomic mass is 16.3. The summed E-state index contributed by atoms with van der Waals surface area (Å²) in [6, 6.07) is 7.60. The Morgan fingerprint density at radius 2 is 2.04 bits per heavy atom. The van der Waals surface area contributed by atoms with Crippen LogP contribution in [0.15, 0.2) is 24.3 Å². The lowest BCUT2D eigenvalue weighted by Crippen LogP contribution is -2.46. The molecule has 0 bridgehead atoms. The van der Waals surface area contributed by atoms with E-state index in [4.69, 9.17) is 0 Å². The number of rotatable bonds is 3. The summed E-state index contributed by atoms with van der Waals surface area (Å²) in [7, 11) is 0. The largest absolute Gasteiger partial charge is 0.390 e. The average Bonchev–Trinajstić information content (AvgIpc) is 2.78. The van der Waals surface area contributed by atoms with Crippen molar-refractivity contribution in [2.45, 2.75) is 38.2 Å². The van der Waals surface area contributed by atoms with Gasteiger partial charge in [0.15, 0.2) is 0 Å². The van der Waals surface area contributed by atoms with E-state index in [1.54, 1.807) is 9.80 Å². The van der Waals surface area contributed by atoms with E-state index in [9.17, 15) is 14.7 Å². The topological polar surface area (TPSA) is 72.9 Å². The van der Waals surface area contributed by atoms with Crippen molar-refractivity contribution in [3.05, 3.63) is 35.4 Å². The Kier molecular flexibility index (Phi) is 5.27. The van der Waals surface area contributed by atoms with Crippen LogP contribution >= 0.6 is 0 Å². The third-order valence-electron chi connectivity index (χ3n) is 5.19. The van der Waals surface area contributed by atoms with Gasteiger partial charge in [0.1, 0.15) is 0 Å². The molecule has 0 spiro atoms. The zero-order chi connectivity index (χ0) is 17.9. The number of hydrogen-bond donors (Lipinski definition) is 2. The Balaban J connectivity index is 1.47. The summed E-state index contributed by atoms with van der Waals surface area (Å²) < 4.78 is 0. The molecule has 0 radical (unpaired) electrons. The van der Waals surface area contributed by atoms with Gasteiger partial charge in [-0.3, -0.25) is 4.79 Å². The highest BCUT2D eigenvalue weighted by Gasteiger charge is 2.27. The highest BCUT2D eigenvalue weighted by Crippen LogP contribution is 2.21. The van der Waals surface area contributed by atoms with Crippen LogP contribution in [0.2, 0.25) is 0 Å². The Hall–Kier alpha value is -2.08. The van der Waals surface area contributed by atoms with Gasteiger partial charge >= 0.3 is 6.03 Å². The van der Waals surface area contributed by atoms with E-state index in [0.29, 0.717) is 39.1 Å². The fourth-order valence-electron chi connectivity index (χ4n) is 3.56. The van der Waals surface area contributed by atoms with Crippen LogP contribution in [-0.4, -0.2) is 65.2 Å². The Morgan fingerprint density at radius 1 is 1.24 bits per heavy atom. The molecule has 0 aromatic heterocycles. The lowest BCUT2D eigenvalue weighted by atomic mass is 9.98. The number of nitrogens with zero attached hydrogens (tertiary/aromatic N) is 2. The maximum atomic E-state index is 12.5. The van der Waals surface area contributed by atoms with Gasteiger partial charge in [-0.25, -0.2) is 4.79 Å². The number of benzene rings is 1. The zero-order valence-electron chi connectivity index (χ0n) is 14.8. The van der Waals surface area contributed by atoms with Crippen molar-refractivity contribution in [2.24, 2.45) is 0 Å². The molecule has 0 saturated carbocycles. The van der Waals surface area contributed by atoms with Crippen LogP contribution in [0.3, 0.4) is 0 Å². The summed E-state index contributed by atoms with van der Waals surface area (Å²) in [4.78, 5) is 28.4. The van der Waals surface area contributed by atoms with Crippen molar-refractivity contribution in [3.63, 3.8) is 0 Å². The van der Waals surface area contributed by atoms with Gasteiger partial charge < -0.3 is 20.2 Å². The minimum absolute atomic E-state index is 0.0434. The van der Waals surface area contributed by atoms with Crippen LogP contribution in [0, 0.1) is 0 Å². The minimum Gasteiger partial charge on any atom is -0.390 e. The first-order chi connectivity index (χ1) is 12.0. The summed E-state index contributed by atoms with van der Waals surface area (Å²) in [5.74, 6) is 0.0434. The number of amides is 3. The van der Waals surface area contributed by atoms with E-state index < -0.39 is 5.60 Å². The normalized spacial score (nSPS) is 23.8. The fraction of sp³-hybridized carbons (Fsp3) is 0.579. The van der Waals surface area contributed by atoms with Gasteiger partial charge in [0.2, 0.25) is 0 Å². The van der Waals surface area contributed by atoms with Crippen LogP contribution in [0.5, 0.6) is 0 Å². The summed E-state index contributed by atoms with van der Waals surface area (Å²) in [5, 5.41) is 13.0. The van der Waals surface area contributed by atoms with Crippen LogP contribution in [0.1, 0.15) is 42.1 Å². The molecule has 3 rings (SSSR count). The Morgan fingerprint density at radius 3 is 2.88 bits per heavy atom. The first-order valence-corrected chi connectivity index (χ1v) is 9.09. The zero-order valence-corrected chi connectivity index (χ0v) is 14.8. The standard InChI is InChI=1S/C19H27N3O3/c1-19(25)8-4-11-22(13-9-19)18(24)20-10-14-21-12-7-15-5-2-3-6-16(15)17(21)23/h2-3,5-6,25H,4,7-14H2,1H3,(H,20,24)/t19-/m1/s1. The van der Waals surface area contributed by atoms with Crippen molar-refractivity contribution in [3.8, 4) is 0 Å². The van der Waals surface area contributed by atoms with Gasteiger partial charge in [0.05, 0.1) is 5.60 Å². The van der Waals surface area contributed by atoms with Crippen LogP contribution in [0.4, 0.5) is 4.79 Å². The lowest BCUT2D eigenvalue weighted by molar-refractivity contribution is 0.0456. The van der Waals surface area contributed by atoms with E-state index in [0.717, 1.165) is 30.4 Å². The third kappa shape index (κ3) is 4.31. The van der Waals surface area contributed by atoms with E-state index >= 15 is 0 Å². The molecule has 2 aliphatic rings. The maximum Gasteiger partial charge on any atom is 0.317 e. The monoisotopic (exact) mass is 345 g/mol. The van der Waals surface area contributed by atoms with Crippen LogP contribution in [0.25, 0.3) is 0 Å². The number of aliphatic hydroxyl groups is 1. The predicted molar refractivity (Wildman–Crippen MR) is 95.5 cm³/mol. The molecular formula is C19H27N3O3. The number of carbonyl (C=O) groups is 2. The van der Waals surface area contributed by atoms with E-state index in [-0.39, 0.29) is 11.9 Å². The summed E-state index contributed by atoms with van der Waals surface area (Å²) in [6.45, 7) is 4.71. The Bertz CT molecular complexity index is 645. The van der Waals surface area contributed by atoms with E-state index in [1.165, 1.54) is 0 Å². The second-order valence-corrected chi connectivity index (χ2v) is 7.27. The fourth-order valence-corrected chi connectivity index (χ4v) is 3.56. The number of carbonyl (C=O) groups excluding carboxylic acids is 2. The van der Waals surface area contributed by atoms with Crippen molar-refractivity contribution in [1.29, 1.82) is 0 Å². The Labute approximate surface area is 148 Å². The third-order valence-corrected chi connectivity index (χ3v) is 5.19. The minimum atomic E-state index is -0.678. The molecule has 3 amide bonds. The van der Waals surface area contributed by atoms with Gasteiger partial charge in [-0.05, 0) is 44.2 Å². The summed E-state index contributed by atoms with van der Waals surface area (Å²) in [6.07, 6.45) is 2.99. The summed E-state index contributed by atoms with van der Waals surface area (Å²) >= 11 is 0. The van der Waals surface area contributed by atoms with Crippen LogP contribution in [-0.2, 0) is 6.42 Å². The van der Waals surface area contributed by atoms with E-state index in [2.05, 4.69) is 5.32 Å². The highest BCUT2D eigenvalue weighted by molar-refractivity contribution is 5.96. The first kappa shape index (κ1) is 17.7. The van der Waals surface area contributed by atoms with Gasteiger partial charge in [0, 0.05) is 38.3 Å². The molecule has 1 aromatic rings. The van der Waals surface area contributed by atoms with Crippen molar-refractivity contribution < 1.29 is 14.7 Å². The smallest absolute Gasteiger partial charge is 0.317 e. The molecule has 1 atom stereocenters. The molecule has 1 fully saturated rings. The quantitative estimate of drug-likeness (QED) is 0.875. The molecule has 1 saturated heterocycles.